The molecule has 3 atom stereocenters. The number of carbonyl (C=O) groups is 4. The van der Waals surface area contributed by atoms with Crippen molar-refractivity contribution in [3.05, 3.63) is 47.8 Å². The Labute approximate surface area is 217 Å². The van der Waals surface area contributed by atoms with Gasteiger partial charge in [-0.25, -0.2) is 9.79 Å². The summed E-state index contributed by atoms with van der Waals surface area (Å²) in [6.45, 7) is 11.8. The lowest BCUT2D eigenvalue weighted by Gasteiger charge is -2.24. The van der Waals surface area contributed by atoms with E-state index in [-0.39, 0.29) is 12.8 Å². The number of nitrogens with zero attached hydrogens (tertiary/aromatic N) is 2. The van der Waals surface area contributed by atoms with E-state index in [9.17, 15) is 24.3 Å². The predicted octanol–water partition coefficient (Wildman–Crippen LogP) is 4.33. The van der Waals surface area contributed by atoms with Crippen LogP contribution in [0.3, 0.4) is 0 Å². The molecule has 0 saturated heterocycles. The molecule has 1 aromatic carbocycles. The monoisotopic (exact) mass is 517 g/mol. The number of aliphatic imine (C=N–C) groups is 1. The summed E-state index contributed by atoms with van der Waals surface area (Å²) in [5.74, 6) is -0.448. The summed E-state index contributed by atoms with van der Waals surface area (Å²) in [7, 11) is 0. The second-order valence-electron chi connectivity index (χ2n) is 10.9. The highest BCUT2D eigenvalue weighted by Crippen LogP contribution is 2.25. The fraction of sp³-hybridized carbons (Fsp3) is 0.500. The third-order valence-corrected chi connectivity index (χ3v) is 4.96. The van der Waals surface area contributed by atoms with Crippen LogP contribution in [0.2, 0.25) is 0 Å². The van der Waals surface area contributed by atoms with Crippen LogP contribution in [0.25, 0.3) is 0 Å². The van der Waals surface area contributed by atoms with E-state index in [4.69, 9.17) is 9.47 Å². The molecular weight excluding hydrogens is 480 g/mol. The van der Waals surface area contributed by atoms with Crippen LogP contribution in [0.1, 0.15) is 60.5 Å². The van der Waals surface area contributed by atoms with Crippen LogP contribution in [0.4, 0.5) is 14.4 Å². The van der Waals surface area contributed by atoms with Gasteiger partial charge in [-0.3, -0.25) is 4.79 Å². The van der Waals surface area contributed by atoms with Crippen molar-refractivity contribution in [1.29, 1.82) is 0 Å². The maximum absolute atomic E-state index is 13.1. The quantitative estimate of drug-likeness (QED) is 0.457. The van der Waals surface area contributed by atoms with Crippen molar-refractivity contribution >= 4 is 30.5 Å². The molecule has 37 heavy (non-hydrogen) atoms. The first-order valence-corrected chi connectivity index (χ1v) is 12.0. The Balaban J connectivity index is 2.13. The molecule has 0 aliphatic carbocycles. The molecule has 0 aromatic heterocycles. The summed E-state index contributed by atoms with van der Waals surface area (Å²) in [6.07, 6.45) is -0.642. The highest BCUT2D eigenvalue weighted by atomic mass is 16.6. The Morgan fingerprint density at radius 3 is 2.08 bits per heavy atom. The first kappa shape index (κ1) is 29.5. The van der Waals surface area contributed by atoms with Gasteiger partial charge in [0.2, 0.25) is 12.2 Å². The molecule has 1 aromatic rings. The van der Waals surface area contributed by atoms with E-state index in [1.807, 2.05) is 30.3 Å². The number of alkyl carbamates (subject to hydrolysis) is 1. The lowest BCUT2D eigenvalue weighted by molar-refractivity contribution is -0.622. The van der Waals surface area contributed by atoms with E-state index in [1.165, 1.54) is 6.20 Å². The minimum Gasteiger partial charge on any atom is -0.444 e. The number of hydrogen-bond acceptors (Lipinski definition) is 7. The van der Waals surface area contributed by atoms with E-state index < -0.39 is 52.0 Å². The van der Waals surface area contributed by atoms with Gasteiger partial charge in [-0.15, -0.1) is 0 Å². The van der Waals surface area contributed by atoms with Crippen molar-refractivity contribution in [1.82, 2.24) is 10.6 Å². The van der Waals surface area contributed by atoms with Crippen molar-refractivity contribution in [2.45, 2.75) is 84.6 Å². The van der Waals surface area contributed by atoms with Crippen molar-refractivity contribution in [2.75, 3.05) is 0 Å². The Kier molecular flexibility index (Phi) is 9.21. The summed E-state index contributed by atoms with van der Waals surface area (Å²) in [5, 5.41) is 15.2. The van der Waals surface area contributed by atoms with Gasteiger partial charge in [0.25, 0.3) is 0 Å². The first-order valence-electron chi connectivity index (χ1n) is 12.0. The van der Waals surface area contributed by atoms with Gasteiger partial charge < -0.3 is 25.2 Å². The molecule has 1 heterocycles. The molecule has 3 N–H and O–H groups in total. The number of carbonyl (C=O) groups excluding carboxylic acids is 3. The zero-order valence-corrected chi connectivity index (χ0v) is 22.4. The molecule has 0 saturated carbocycles. The normalized spacial score (nSPS) is 18.8. The number of rotatable bonds is 7. The topological polar surface area (TPSA) is 143 Å². The summed E-state index contributed by atoms with van der Waals surface area (Å²) >= 11 is 0. The highest BCUT2D eigenvalue weighted by molar-refractivity contribution is 5.88. The van der Waals surface area contributed by atoms with E-state index in [2.05, 4.69) is 15.6 Å². The van der Waals surface area contributed by atoms with Crippen LogP contribution in [0.5, 0.6) is 0 Å². The Morgan fingerprint density at radius 1 is 0.946 bits per heavy atom. The van der Waals surface area contributed by atoms with Crippen LogP contribution in [-0.2, 0) is 20.7 Å². The maximum atomic E-state index is 13.1. The third-order valence-electron chi connectivity index (χ3n) is 4.96. The molecular formula is C26H37N4O7+. The molecule has 202 valence electrons. The highest BCUT2D eigenvalue weighted by Gasteiger charge is 2.50. The molecule has 11 nitrogen and oxygen atoms in total. The molecule has 0 spiro atoms. The van der Waals surface area contributed by atoms with E-state index in [0.29, 0.717) is 5.70 Å². The molecule has 2 rings (SSSR count). The van der Waals surface area contributed by atoms with Crippen LogP contribution in [0, 0.1) is 0 Å². The molecule has 11 heteroatoms. The lowest BCUT2D eigenvalue weighted by Crippen LogP contribution is -2.52. The van der Waals surface area contributed by atoms with Crippen molar-refractivity contribution in [2.24, 2.45) is 4.99 Å². The SMILES string of the molecule is C[C@H](CC1=C[N+](C(=O)O)(C(=O)OC(C)(C)C)C=N1)NC(=O)[C@H](Cc1ccccc1)NC(=O)OC(C)(C)C. The van der Waals surface area contributed by atoms with Crippen LogP contribution >= 0.6 is 0 Å². The Bertz CT molecular complexity index is 1070. The van der Waals surface area contributed by atoms with Crippen molar-refractivity contribution in [3.63, 3.8) is 0 Å². The summed E-state index contributed by atoms with van der Waals surface area (Å²) in [6, 6.07) is 7.80. The third kappa shape index (κ3) is 9.02. The second-order valence-corrected chi connectivity index (χ2v) is 10.9. The van der Waals surface area contributed by atoms with Gasteiger partial charge in [0.05, 0.1) is 0 Å². The number of quaternary nitrogens is 1. The second kappa shape index (κ2) is 11.5. The van der Waals surface area contributed by atoms with Gasteiger partial charge in [0, 0.05) is 18.9 Å². The molecule has 0 bridgehead atoms. The number of carboxylic acid groups (broad SMARTS) is 1. The number of nitrogens with one attached hydrogen (secondary N) is 2. The molecule has 4 amide bonds. The standard InChI is InChI=1S/C26H36N4O7/c1-17(13-19-15-30(16-27-19,23(33)34)24(35)37-26(5,6)7)28-21(31)20(14-18-11-9-8-10-12-18)29-22(32)36-25(2,3)4/h8-12,15-17,20H,13-14H2,1-7H3,(H2-,28,29,31,32,33,34)/p+1/t17-,20+,30?/m1/s1. The number of ether oxygens (including phenoxy) is 2. The smallest absolute Gasteiger partial charge is 0.444 e. The molecule has 1 unspecified atom stereocenters. The van der Waals surface area contributed by atoms with E-state index >= 15 is 0 Å². The fourth-order valence-corrected chi connectivity index (χ4v) is 3.41. The minimum absolute atomic E-state index is 0.142. The van der Waals surface area contributed by atoms with Crippen LogP contribution < -0.4 is 10.6 Å². The summed E-state index contributed by atoms with van der Waals surface area (Å²) in [5.41, 5.74) is -0.490. The van der Waals surface area contributed by atoms with Gasteiger partial charge >= 0.3 is 18.3 Å². The average molecular weight is 518 g/mol. The minimum atomic E-state index is -1.46. The number of amides is 4. The zero-order valence-electron chi connectivity index (χ0n) is 22.4. The Morgan fingerprint density at radius 2 is 1.54 bits per heavy atom. The molecule has 1 aliphatic rings. The fourth-order valence-electron chi connectivity index (χ4n) is 3.41. The molecule has 1 aliphatic heterocycles. The molecule has 0 radical (unpaired) electrons. The lowest BCUT2D eigenvalue weighted by atomic mass is 10.0. The number of hydrogen-bond donors (Lipinski definition) is 3. The van der Waals surface area contributed by atoms with E-state index in [0.717, 1.165) is 11.9 Å². The summed E-state index contributed by atoms with van der Waals surface area (Å²) in [4.78, 5) is 54.1. The Hall–Kier alpha value is -3.73. The van der Waals surface area contributed by atoms with Crippen LogP contribution in [0.15, 0.2) is 47.2 Å². The van der Waals surface area contributed by atoms with Gasteiger partial charge in [-0.1, -0.05) is 34.8 Å². The zero-order chi connectivity index (χ0) is 28.0. The maximum Gasteiger partial charge on any atom is 0.538 e. The number of imide groups is 1. The van der Waals surface area contributed by atoms with Crippen molar-refractivity contribution < 1.29 is 38.2 Å². The molecule has 0 fully saturated rings. The van der Waals surface area contributed by atoms with Gasteiger partial charge in [-0.05, 0) is 54.0 Å². The van der Waals surface area contributed by atoms with E-state index in [1.54, 1.807) is 48.5 Å². The van der Waals surface area contributed by atoms with Gasteiger partial charge in [0.15, 0.2) is 0 Å². The largest absolute Gasteiger partial charge is 0.538 e. The van der Waals surface area contributed by atoms with Gasteiger partial charge in [0.1, 0.15) is 29.1 Å². The van der Waals surface area contributed by atoms with Gasteiger partial charge in [-0.2, -0.15) is 9.59 Å². The summed E-state index contributed by atoms with van der Waals surface area (Å²) < 4.78 is 9.34. The predicted molar refractivity (Wildman–Crippen MR) is 137 cm³/mol. The van der Waals surface area contributed by atoms with Crippen molar-refractivity contribution in [3.8, 4) is 0 Å². The number of benzene rings is 1. The first-order chi connectivity index (χ1) is 17.0. The van der Waals surface area contributed by atoms with Crippen LogP contribution in [-0.4, -0.2) is 63.4 Å². The average Bonchev–Trinajstić information content (AvgIpc) is 3.16.